The van der Waals surface area contributed by atoms with Crippen molar-refractivity contribution >= 4 is 41.8 Å². The minimum absolute atomic E-state index is 0. The van der Waals surface area contributed by atoms with Gasteiger partial charge in [0.15, 0.2) is 5.96 Å². The van der Waals surface area contributed by atoms with Gasteiger partial charge in [-0.1, -0.05) is 12.1 Å². The summed E-state index contributed by atoms with van der Waals surface area (Å²) in [6.45, 7) is 2.30. The maximum absolute atomic E-state index is 11.5. The highest BCUT2D eigenvalue weighted by atomic mass is 127. The molecule has 0 aliphatic carbocycles. The van der Waals surface area contributed by atoms with Crippen LogP contribution in [0.25, 0.3) is 0 Å². The van der Waals surface area contributed by atoms with E-state index in [1.54, 1.807) is 19.2 Å². The summed E-state index contributed by atoms with van der Waals surface area (Å²) in [4.78, 5) is 29.1. The molecule has 0 bridgehead atoms. The van der Waals surface area contributed by atoms with E-state index in [4.69, 9.17) is 10.5 Å². The first-order valence-corrected chi connectivity index (χ1v) is 8.44. The van der Waals surface area contributed by atoms with Gasteiger partial charge in [0.25, 0.3) is 0 Å². The fraction of sp³-hybridized carbons (Fsp3) is 0.500. The van der Waals surface area contributed by atoms with E-state index in [1.165, 1.54) is 7.11 Å². The molecule has 0 radical (unpaired) electrons. The number of esters is 1. The number of methoxy groups -OCH3 is 1. The summed E-state index contributed by atoms with van der Waals surface area (Å²) in [7, 11) is 3.12. The second-order valence-corrected chi connectivity index (χ2v) is 6.21. The number of carbonyl (C=O) groups excluding carboxylic acids is 2. The van der Waals surface area contributed by atoms with Gasteiger partial charge in [-0.15, -0.1) is 24.0 Å². The van der Waals surface area contributed by atoms with Crippen molar-refractivity contribution in [2.75, 3.05) is 27.2 Å². The summed E-state index contributed by atoms with van der Waals surface area (Å²) in [5.74, 6) is 0.500. The number of hydrogen-bond acceptors (Lipinski definition) is 4. The molecule has 144 valence electrons. The van der Waals surface area contributed by atoms with Crippen LogP contribution in [0.4, 0.5) is 0 Å². The molecule has 1 aromatic carbocycles. The van der Waals surface area contributed by atoms with E-state index < -0.39 is 0 Å². The van der Waals surface area contributed by atoms with Crippen molar-refractivity contribution in [1.29, 1.82) is 0 Å². The van der Waals surface area contributed by atoms with Crippen LogP contribution in [0.1, 0.15) is 35.2 Å². The number of nitrogens with zero attached hydrogens (tertiary/aromatic N) is 2. The number of rotatable bonds is 5. The van der Waals surface area contributed by atoms with Crippen LogP contribution in [0.3, 0.4) is 0 Å². The average Bonchev–Trinajstić information content (AvgIpc) is 2.62. The number of likely N-dealkylation sites (tertiary alicyclic amines) is 1. The zero-order valence-electron chi connectivity index (χ0n) is 15.2. The summed E-state index contributed by atoms with van der Waals surface area (Å²) in [6.07, 6.45) is 2.46. The maximum atomic E-state index is 11.5. The summed E-state index contributed by atoms with van der Waals surface area (Å²) in [5.41, 5.74) is 6.89. The molecule has 2 rings (SSSR count). The molecule has 1 aliphatic rings. The third-order valence-corrected chi connectivity index (χ3v) is 4.35. The summed E-state index contributed by atoms with van der Waals surface area (Å²) >= 11 is 0. The number of guanidine groups is 1. The Hall–Kier alpha value is -1.84. The highest BCUT2D eigenvalue weighted by Crippen LogP contribution is 2.19. The predicted octanol–water partition coefficient (Wildman–Crippen LogP) is 1.75. The van der Waals surface area contributed by atoms with E-state index in [9.17, 15) is 9.59 Å². The van der Waals surface area contributed by atoms with Gasteiger partial charge in [-0.2, -0.15) is 0 Å². The van der Waals surface area contributed by atoms with Crippen molar-refractivity contribution in [3.63, 3.8) is 0 Å². The van der Waals surface area contributed by atoms with Crippen LogP contribution in [0.15, 0.2) is 29.3 Å². The van der Waals surface area contributed by atoms with E-state index in [0.29, 0.717) is 18.5 Å². The topological polar surface area (TPSA) is 97.0 Å². The van der Waals surface area contributed by atoms with Crippen LogP contribution in [0, 0.1) is 5.92 Å². The second-order valence-electron chi connectivity index (χ2n) is 6.21. The van der Waals surface area contributed by atoms with Gasteiger partial charge in [0.05, 0.1) is 12.7 Å². The normalized spacial score (nSPS) is 17.2. The van der Waals surface area contributed by atoms with Crippen LogP contribution in [0.2, 0.25) is 0 Å². The van der Waals surface area contributed by atoms with Gasteiger partial charge in [0.2, 0.25) is 5.91 Å². The van der Waals surface area contributed by atoms with Crippen molar-refractivity contribution in [2.24, 2.45) is 16.6 Å². The number of amides is 1. The molecule has 1 aliphatic heterocycles. The van der Waals surface area contributed by atoms with E-state index in [1.807, 2.05) is 12.1 Å². The van der Waals surface area contributed by atoms with Crippen LogP contribution in [-0.4, -0.2) is 50.0 Å². The number of aliphatic imine (C=N–C) groups is 1. The molecule has 1 saturated heterocycles. The number of halogens is 1. The Bertz CT molecular complexity index is 634. The number of piperidine rings is 1. The molecule has 3 N–H and O–H groups in total. The Balaban J connectivity index is 0.00000338. The molecular weight excluding hydrogens is 447 g/mol. The van der Waals surface area contributed by atoms with Gasteiger partial charge < -0.3 is 20.7 Å². The van der Waals surface area contributed by atoms with Gasteiger partial charge >= 0.3 is 5.97 Å². The highest BCUT2D eigenvalue weighted by Gasteiger charge is 2.23. The number of ether oxygens (including phenoxy) is 1. The Labute approximate surface area is 171 Å². The second kappa shape index (κ2) is 11.0. The third-order valence-electron chi connectivity index (χ3n) is 4.35. The molecule has 1 fully saturated rings. The SMILES string of the molecule is CN=C(NCc1ccc(C(=O)OC)cc1)N1CCCC(CC(N)=O)C1.I. The Morgan fingerprint density at radius 2 is 2.04 bits per heavy atom. The molecule has 1 aromatic rings. The lowest BCUT2D eigenvalue weighted by molar-refractivity contribution is -0.119. The van der Waals surface area contributed by atoms with Crippen LogP contribution in [-0.2, 0) is 16.1 Å². The number of nitrogens with two attached hydrogens (primary N) is 1. The van der Waals surface area contributed by atoms with E-state index in [0.717, 1.165) is 37.5 Å². The lowest BCUT2D eigenvalue weighted by Gasteiger charge is -2.34. The van der Waals surface area contributed by atoms with Crippen molar-refractivity contribution in [3.05, 3.63) is 35.4 Å². The first-order chi connectivity index (χ1) is 12.0. The average molecular weight is 474 g/mol. The predicted molar refractivity (Wildman–Crippen MR) is 112 cm³/mol. The summed E-state index contributed by atoms with van der Waals surface area (Å²) < 4.78 is 4.70. The van der Waals surface area contributed by atoms with Crippen LogP contribution in [0.5, 0.6) is 0 Å². The minimum Gasteiger partial charge on any atom is -0.465 e. The van der Waals surface area contributed by atoms with Crippen LogP contribution < -0.4 is 11.1 Å². The fourth-order valence-corrected chi connectivity index (χ4v) is 3.10. The van der Waals surface area contributed by atoms with Gasteiger partial charge in [-0.05, 0) is 36.5 Å². The number of benzene rings is 1. The molecule has 7 nitrogen and oxygen atoms in total. The minimum atomic E-state index is -0.343. The Morgan fingerprint density at radius 1 is 1.35 bits per heavy atom. The van der Waals surface area contributed by atoms with Crippen LogP contribution >= 0.6 is 24.0 Å². The number of carbonyl (C=O) groups is 2. The first-order valence-electron chi connectivity index (χ1n) is 8.44. The monoisotopic (exact) mass is 474 g/mol. The Morgan fingerprint density at radius 3 is 2.62 bits per heavy atom. The number of nitrogens with one attached hydrogen (secondary N) is 1. The molecule has 0 saturated carbocycles. The van der Waals surface area contributed by atoms with E-state index in [-0.39, 0.29) is 41.8 Å². The van der Waals surface area contributed by atoms with Gasteiger partial charge in [-0.25, -0.2) is 4.79 Å². The van der Waals surface area contributed by atoms with Crippen molar-refractivity contribution in [2.45, 2.75) is 25.8 Å². The lowest BCUT2D eigenvalue weighted by Crippen LogP contribution is -2.46. The van der Waals surface area contributed by atoms with Crippen molar-refractivity contribution < 1.29 is 14.3 Å². The number of hydrogen-bond donors (Lipinski definition) is 2. The highest BCUT2D eigenvalue weighted by molar-refractivity contribution is 14.0. The number of primary amides is 1. The standard InChI is InChI=1S/C18H26N4O3.HI/c1-20-18(22-9-3-4-14(12-22)10-16(19)23)21-11-13-5-7-15(8-6-13)17(24)25-2;/h5-8,14H,3-4,9-12H2,1-2H3,(H2,19,23)(H,20,21);1H. The molecule has 1 amide bonds. The van der Waals surface area contributed by atoms with Crippen molar-refractivity contribution in [1.82, 2.24) is 10.2 Å². The molecular formula is C18H27IN4O3. The summed E-state index contributed by atoms with van der Waals surface area (Å²) in [5, 5.41) is 3.34. The molecule has 1 heterocycles. The van der Waals surface area contributed by atoms with Gasteiger partial charge in [0.1, 0.15) is 0 Å². The van der Waals surface area contributed by atoms with Crippen molar-refractivity contribution in [3.8, 4) is 0 Å². The zero-order valence-corrected chi connectivity index (χ0v) is 17.6. The smallest absolute Gasteiger partial charge is 0.337 e. The molecule has 1 unspecified atom stereocenters. The first kappa shape index (κ1) is 22.2. The quantitative estimate of drug-likeness (QED) is 0.294. The molecule has 1 atom stereocenters. The molecule has 0 aromatic heterocycles. The maximum Gasteiger partial charge on any atom is 0.337 e. The lowest BCUT2D eigenvalue weighted by atomic mass is 9.95. The zero-order chi connectivity index (χ0) is 18.2. The van der Waals surface area contributed by atoms with Gasteiger partial charge in [0, 0.05) is 33.1 Å². The van der Waals surface area contributed by atoms with E-state index in [2.05, 4.69) is 15.2 Å². The fourth-order valence-electron chi connectivity index (χ4n) is 3.10. The molecule has 8 heteroatoms. The molecule has 0 spiro atoms. The molecule has 26 heavy (non-hydrogen) atoms. The van der Waals surface area contributed by atoms with E-state index >= 15 is 0 Å². The largest absolute Gasteiger partial charge is 0.465 e. The Kier molecular flexibility index (Phi) is 9.39. The summed E-state index contributed by atoms with van der Waals surface area (Å²) in [6, 6.07) is 7.27. The third kappa shape index (κ3) is 6.47. The van der Waals surface area contributed by atoms with Gasteiger partial charge in [-0.3, -0.25) is 9.79 Å².